The minimum Gasteiger partial charge on any atom is -0.395 e. The third kappa shape index (κ3) is 2.51. The first-order chi connectivity index (χ1) is 12.0. The van der Waals surface area contributed by atoms with Crippen molar-refractivity contribution in [2.75, 3.05) is 20.2 Å². The van der Waals surface area contributed by atoms with E-state index in [0.29, 0.717) is 18.1 Å². The van der Waals surface area contributed by atoms with Crippen LogP contribution in [0.5, 0.6) is 0 Å². The Morgan fingerprint density at radius 3 is 2.04 bits per heavy atom. The monoisotopic (exact) mass is 339 g/mol. The topological polar surface area (TPSA) is 23.5 Å². The average Bonchev–Trinajstić information content (AvgIpc) is 3.28. The second-order valence-corrected chi connectivity index (χ2v) is 10.1. The predicted octanol–water partition coefficient (Wildman–Crippen LogP) is 4.15. The zero-order chi connectivity index (χ0) is 17.2. The summed E-state index contributed by atoms with van der Waals surface area (Å²) < 4.78 is 0. The van der Waals surface area contributed by atoms with Gasteiger partial charge in [0.05, 0.1) is 6.61 Å². The number of nitrogens with zero attached hydrogens (tertiary/aromatic N) is 1. The fraction of sp³-hybridized carbons (Fsp3) is 0.739. The highest BCUT2D eigenvalue weighted by molar-refractivity contribution is 5.36. The molecule has 5 aliphatic carbocycles. The van der Waals surface area contributed by atoms with Crippen LogP contribution in [0.25, 0.3) is 0 Å². The summed E-state index contributed by atoms with van der Waals surface area (Å²) in [6.45, 7) is 3.61. The molecule has 0 aliphatic heterocycles. The molecule has 4 bridgehead atoms. The Kier molecular flexibility index (Phi) is 3.63. The molecule has 5 fully saturated rings. The molecule has 0 aromatic heterocycles. The van der Waals surface area contributed by atoms with Gasteiger partial charge >= 0.3 is 0 Å². The fourth-order valence-corrected chi connectivity index (χ4v) is 7.20. The molecular formula is C23H33NO. The summed E-state index contributed by atoms with van der Waals surface area (Å²) in [4.78, 5) is 2.74. The SMILES string of the molecule is Cc1ccc([C@@]2(CO)C[C@@H]2CN(C)C23CC4CC(CC(C4)C2)C3)cc1. The number of hydrogen-bond acceptors (Lipinski definition) is 2. The Bertz CT molecular complexity index is 615. The molecule has 2 heteroatoms. The maximum atomic E-state index is 10.2. The van der Waals surface area contributed by atoms with Gasteiger partial charge in [-0.1, -0.05) is 29.8 Å². The van der Waals surface area contributed by atoms with Crippen LogP contribution in [-0.2, 0) is 5.41 Å². The molecule has 5 aliphatic rings. The number of aryl methyl sites for hydroxylation is 1. The first-order valence-corrected chi connectivity index (χ1v) is 10.4. The van der Waals surface area contributed by atoms with Crippen LogP contribution in [0, 0.1) is 30.6 Å². The molecule has 2 nitrogen and oxygen atoms in total. The third-order valence-electron chi connectivity index (χ3n) is 8.45. The standard InChI is InChI=1S/C23H33NO/c1-16-3-5-20(6-4-16)23(15-25)13-21(23)14-24(2)22-10-17-7-18(11-22)9-19(8-17)12-22/h3-6,17-19,21,25H,7-15H2,1-2H3/t17?,18?,19?,21-,22?,23+/m1/s1. The van der Waals surface area contributed by atoms with Gasteiger partial charge in [-0.3, -0.25) is 0 Å². The molecule has 136 valence electrons. The van der Waals surface area contributed by atoms with Gasteiger partial charge in [-0.25, -0.2) is 0 Å². The van der Waals surface area contributed by atoms with E-state index in [9.17, 15) is 5.11 Å². The second kappa shape index (κ2) is 5.57. The molecule has 6 rings (SSSR count). The Labute approximate surface area is 152 Å². The lowest BCUT2D eigenvalue weighted by Gasteiger charge is -2.60. The molecule has 0 radical (unpaired) electrons. The number of aliphatic hydroxyl groups excluding tert-OH is 1. The molecule has 0 saturated heterocycles. The highest BCUT2D eigenvalue weighted by atomic mass is 16.3. The number of aliphatic hydroxyl groups is 1. The smallest absolute Gasteiger partial charge is 0.0531 e. The van der Waals surface area contributed by atoms with E-state index < -0.39 is 0 Å². The molecule has 0 unspecified atom stereocenters. The van der Waals surface area contributed by atoms with E-state index in [-0.39, 0.29) is 5.41 Å². The molecule has 1 N–H and O–H groups in total. The van der Waals surface area contributed by atoms with Crippen LogP contribution in [0.15, 0.2) is 24.3 Å². The van der Waals surface area contributed by atoms with E-state index >= 15 is 0 Å². The summed E-state index contributed by atoms with van der Waals surface area (Å²) in [6.07, 6.45) is 10.0. The normalized spacial score (nSPS) is 44.5. The largest absolute Gasteiger partial charge is 0.395 e. The van der Waals surface area contributed by atoms with Crippen molar-refractivity contribution in [1.82, 2.24) is 4.90 Å². The van der Waals surface area contributed by atoms with Gasteiger partial charge in [-0.2, -0.15) is 0 Å². The molecule has 2 atom stereocenters. The summed E-state index contributed by atoms with van der Waals surface area (Å²) in [7, 11) is 2.39. The lowest BCUT2D eigenvalue weighted by molar-refractivity contribution is -0.0810. The van der Waals surface area contributed by atoms with Gasteiger partial charge in [0.2, 0.25) is 0 Å². The van der Waals surface area contributed by atoms with Crippen molar-refractivity contribution in [3.05, 3.63) is 35.4 Å². The molecule has 25 heavy (non-hydrogen) atoms. The summed E-state index contributed by atoms with van der Waals surface area (Å²) in [6, 6.07) is 8.89. The maximum Gasteiger partial charge on any atom is 0.0531 e. The zero-order valence-corrected chi connectivity index (χ0v) is 15.9. The Morgan fingerprint density at radius 2 is 1.52 bits per heavy atom. The van der Waals surface area contributed by atoms with Gasteiger partial charge in [-0.05, 0) is 88.2 Å². The molecule has 0 heterocycles. The zero-order valence-electron chi connectivity index (χ0n) is 15.9. The Balaban J connectivity index is 1.32. The van der Waals surface area contributed by atoms with Gasteiger partial charge in [0.1, 0.15) is 0 Å². The van der Waals surface area contributed by atoms with Crippen molar-refractivity contribution in [2.24, 2.45) is 23.7 Å². The second-order valence-electron chi connectivity index (χ2n) is 10.1. The van der Waals surface area contributed by atoms with Crippen LogP contribution < -0.4 is 0 Å². The molecule has 0 spiro atoms. The lowest BCUT2D eigenvalue weighted by Crippen LogP contribution is -2.59. The van der Waals surface area contributed by atoms with Crippen molar-refractivity contribution in [2.45, 2.75) is 62.8 Å². The van der Waals surface area contributed by atoms with Crippen LogP contribution in [0.4, 0.5) is 0 Å². The third-order valence-corrected chi connectivity index (χ3v) is 8.45. The lowest BCUT2D eigenvalue weighted by atomic mass is 9.52. The van der Waals surface area contributed by atoms with Gasteiger partial charge in [0.25, 0.3) is 0 Å². The van der Waals surface area contributed by atoms with Crippen molar-refractivity contribution in [3.63, 3.8) is 0 Å². The van der Waals surface area contributed by atoms with E-state index in [1.165, 1.54) is 56.2 Å². The molecule has 1 aromatic rings. The molecule has 0 amide bonds. The van der Waals surface area contributed by atoms with Crippen LogP contribution in [0.2, 0.25) is 0 Å². The van der Waals surface area contributed by atoms with Crippen LogP contribution in [-0.4, -0.2) is 35.7 Å². The maximum absolute atomic E-state index is 10.2. The van der Waals surface area contributed by atoms with Crippen LogP contribution in [0.3, 0.4) is 0 Å². The van der Waals surface area contributed by atoms with Crippen LogP contribution in [0.1, 0.15) is 56.1 Å². The fourth-order valence-electron chi connectivity index (χ4n) is 7.20. The van der Waals surface area contributed by atoms with E-state index in [0.717, 1.165) is 24.2 Å². The van der Waals surface area contributed by atoms with E-state index in [2.05, 4.69) is 43.1 Å². The minimum atomic E-state index is 0.0320. The summed E-state index contributed by atoms with van der Waals surface area (Å²) in [5.41, 5.74) is 3.18. The minimum absolute atomic E-state index is 0.0320. The van der Waals surface area contributed by atoms with Gasteiger partial charge in [0, 0.05) is 17.5 Å². The van der Waals surface area contributed by atoms with Crippen molar-refractivity contribution < 1.29 is 5.11 Å². The number of rotatable bonds is 5. The first-order valence-electron chi connectivity index (χ1n) is 10.4. The summed E-state index contributed by atoms with van der Waals surface area (Å²) in [5.74, 6) is 3.64. The first kappa shape index (κ1) is 16.3. The quantitative estimate of drug-likeness (QED) is 0.871. The van der Waals surface area contributed by atoms with E-state index in [4.69, 9.17) is 0 Å². The predicted molar refractivity (Wildman–Crippen MR) is 102 cm³/mol. The molecular weight excluding hydrogens is 306 g/mol. The van der Waals surface area contributed by atoms with Crippen molar-refractivity contribution >= 4 is 0 Å². The van der Waals surface area contributed by atoms with Gasteiger partial charge < -0.3 is 10.0 Å². The van der Waals surface area contributed by atoms with E-state index in [1.54, 1.807) is 0 Å². The Morgan fingerprint density at radius 1 is 0.960 bits per heavy atom. The van der Waals surface area contributed by atoms with Gasteiger partial charge in [-0.15, -0.1) is 0 Å². The molecule has 1 aromatic carbocycles. The summed E-state index contributed by atoms with van der Waals surface area (Å²) >= 11 is 0. The van der Waals surface area contributed by atoms with Gasteiger partial charge in [0.15, 0.2) is 0 Å². The molecule has 5 saturated carbocycles. The average molecular weight is 340 g/mol. The van der Waals surface area contributed by atoms with E-state index in [1.807, 2.05) is 0 Å². The summed E-state index contributed by atoms with van der Waals surface area (Å²) in [5, 5.41) is 10.2. The van der Waals surface area contributed by atoms with Crippen molar-refractivity contribution in [1.29, 1.82) is 0 Å². The highest BCUT2D eigenvalue weighted by Gasteiger charge is 2.58. The number of benzene rings is 1. The van der Waals surface area contributed by atoms with Crippen molar-refractivity contribution in [3.8, 4) is 0 Å². The highest BCUT2D eigenvalue weighted by Crippen LogP contribution is 2.59. The Hall–Kier alpha value is -0.860. The number of hydrogen-bond donors (Lipinski definition) is 1. The van der Waals surface area contributed by atoms with Crippen LogP contribution >= 0.6 is 0 Å².